The van der Waals surface area contributed by atoms with Gasteiger partial charge < -0.3 is 10.6 Å². The largest absolute Gasteiger partial charge is 0.355 e. The van der Waals surface area contributed by atoms with E-state index in [0.29, 0.717) is 6.54 Å². The number of aromatic nitrogens is 2. The Morgan fingerprint density at radius 3 is 2.82 bits per heavy atom. The van der Waals surface area contributed by atoms with Crippen molar-refractivity contribution in [1.82, 2.24) is 9.97 Å². The molecule has 17 heavy (non-hydrogen) atoms. The molecule has 2 N–H and O–H groups in total. The van der Waals surface area contributed by atoms with Crippen LogP contribution in [0, 0.1) is 5.92 Å². The molecule has 1 aromatic heterocycles. The van der Waals surface area contributed by atoms with Crippen LogP contribution in [-0.2, 0) is 6.54 Å². The highest BCUT2D eigenvalue weighted by Gasteiger charge is 2.16. The van der Waals surface area contributed by atoms with E-state index in [-0.39, 0.29) is 0 Å². The van der Waals surface area contributed by atoms with Gasteiger partial charge in [0.2, 0.25) is 0 Å². The lowest BCUT2D eigenvalue weighted by Crippen LogP contribution is -2.25. The fourth-order valence-electron chi connectivity index (χ4n) is 2.42. The first-order chi connectivity index (χ1) is 8.33. The van der Waals surface area contributed by atoms with Gasteiger partial charge in [0.25, 0.3) is 0 Å². The average molecular weight is 234 g/mol. The van der Waals surface area contributed by atoms with Gasteiger partial charge in [0, 0.05) is 19.6 Å². The maximum Gasteiger partial charge on any atom is 0.147 e. The molecule has 4 nitrogen and oxygen atoms in total. The molecule has 0 radical (unpaired) electrons. The second kappa shape index (κ2) is 5.96. The van der Waals surface area contributed by atoms with E-state index in [1.165, 1.54) is 25.7 Å². The van der Waals surface area contributed by atoms with Crippen molar-refractivity contribution in [3.8, 4) is 0 Å². The van der Waals surface area contributed by atoms with Crippen molar-refractivity contribution < 1.29 is 0 Å². The van der Waals surface area contributed by atoms with E-state index < -0.39 is 0 Å². The summed E-state index contributed by atoms with van der Waals surface area (Å²) in [6.45, 7) is 4.96. The molecular formula is C13H22N4. The maximum atomic E-state index is 5.52. The number of hydrogen-bond donors (Lipinski definition) is 1. The lowest BCUT2D eigenvalue weighted by atomic mass is 9.98. The van der Waals surface area contributed by atoms with Gasteiger partial charge >= 0.3 is 0 Å². The van der Waals surface area contributed by atoms with Crippen LogP contribution in [-0.4, -0.2) is 23.1 Å². The van der Waals surface area contributed by atoms with Crippen LogP contribution in [0.3, 0.4) is 0 Å². The maximum absolute atomic E-state index is 5.52. The Hall–Kier alpha value is -1.16. The zero-order valence-corrected chi connectivity index (χ0v) is 10.6. The van der Waals surface area contributed by atoms with Crippen molar-refractivity contribution >= 4 is 5.82 Å². The van der Waals surface area contributed by atoms with Gasteiger partial charge in [-0.2, -0.15) is 0 Å². The smallest absolute Gasteiger partial charge is 0.147 e. The number of anilines is 1. The van der Waals surface area contributed by atoms with E-state index >= 15 is 0 Å². The topological polar surface area (TPSA) is 55.0 Å². The van der Waals surface area contributed by atoms with Crippen LogP contribution in [0.2, 0.25) is 0 Å². The number of rotatable bonds is 3. The van der Waals surface area contributed by atoms with Crippen LogP contribution in [0.5, 0.6) is 0 Å². The molecule has 0 aromatic carbocycles. The first-order valence-corrected chi connectivity index (χ1v) is 6.59. The summed E-state index contributed by atoms with van der Waals surface area (Å²) in [6, 6.07) is 0. The third-order valence-electron chi connectivity index (χ3n) is 3.65. The first kappa shape index (κ1) is 12.3. The summed E-state index contributed by atoms with van der Waals surface area (Å²) in [5.74, 6) is 1.88. The summed E-state index contributed by atoms with van der Waals surface area (Å²) in [6.07, 6.45) is 8.83. The Morgan fingerprint density at radius 2 is 2.18 bits per heavy atom. The second-order valence-electron chi connectivity index (χ2n) is 4.76. The lowest BCUT2D eigenvalue weighted by molar-refractivity contribution is 0.459. The van der Waals surface area contributed by atoms with Gasteiger partial charge in [-0.15, -0.1) is 0 Å². The highest BCUT2D eigenvalue weighted by atomic mass is 15.2. The van der Waals surface area contributed by atoms with Gasteiger partial charge in [-0.05, 0) is 25.2 Å². The van der Waals surface area contributed by atoms with E-state index in [1.807, 2.05) is 6.20 Å². The Kier molecular flexibility index (Phi) is 4.31. The van der Waals surface area contributed by atoms with E-state index in [1.54, 1.807) is 6.20 Å². The fourth-order valence-corrected chi connectivity index (χ4v) is 2.42. The van der Waals surface area contributed by atoms with E-state index in [9.17, 15) is 0 Å². The van der Waals surface area contributed by atoms with Gasteiger partial charge in [0.15, 0.2) is 0 Å². The molecule has 0 bridgehead atoms. The van der Waals surface area contributed by atoms with Crippen molar-refractivity contribution in [2.24, 2.45) is 11.7 Å². The summed E-state index contributed by atoms with van der Waals surface area (Å²) >= 11 is 0. The van der Waals surface area contributed by atoms with Gasteiger partial charge in [0.1, 0.15) is 5.82 Å². The zero-order valence-electron chi connectivity index (χ0n) is 10.6. The second-order valence-corrected chi connectivity index (χ2v) is 4.76. The standard InChI is InChI=1S/C13H22N4/c1-2-11-4-3-6-17(7-5-11)13-10-15-12(8-14)9-16-13/h9-11H,2-8,14H2,1H3. The van der Waals surface area contributed by atoms with E-state index in [4.69, 9.17) is 5.73 Å². The minimum atomic E-state index is 0.463. The predicted octanol–water partition coefficient (Wildman–Crippen LogP) is 1.95. The van der Waals surface area contributed by atoms with Crippen molar-refractivity contribution in [3.63, 3.8) is 0 Å². The Labute approximate surface area is 103 Å². The summed E-state index contributed by atoms with van der Waals surface area (Å²) in [7, 11) is 0. The summed E-state index contributed by atoms with van der Waals surface area (Å²) in [5.41, 5.74) is 6.38. The first-order valence-electron chi connectivity index (χ1n) is 6.59. The molecule has 0 spiro atoms. The Morgan fingerprint density at radius 1 is 1.29 bits per heavy atom. The highest BCUT2D eigenvalue weighted by molar-refractivity contribution is 5.35. The summed E-state index contributed by atoms with van der Waals surface area (Å²) in [5, 5.41) is 0. The normalized spacial score (nSPS) is 21.3. The van der Waals surface area contributed by atoms with Crippen molar-refractivity contribution in [2.75, 3.05) is 18.0 Å². The van der Waals surface area contributed by atoms with Gasteiger partial charge in [-0.25, -0.2) is 4.98 Å². The molecule has 1 saturated heterocycles. The van der Waals surface area contributed by atoms with Crippen LogP contribution in [0.25, 0.3) is 0 Å². The van der Waals surface area contributed by atoms with Crippen LogP contribution in [0.1, 0.15) is 38.3 Å². The van der Waals surface area contributed by atoms with E-state index in [0.717, 1.165) is 30.5 Å². The minimum Gasteiger partial charge on any atom is -0.355 e. The molecule has 4 heteroatoms. The number of nitrogens with zero attached hydrogens (tertiary/aromatic N) is 3. The predicted molar refractivity (Wildman–Crippen MR) is 69.8 cm³/mol. The summed E-state index contributed by atoms with van der Waals surface area (Å²) < 4.78 is 0. The lowest BCUT2D eigenvalue weighted by Gasteiger charge is -2.21. The number of hydrogen-bond acceptors (Lipinski definition) is 4. The SMILES string of the molecule is CCC1CCCN(c2cnc(CN)cn2)CC1. The van der Waals surface area contributed by atoms with Crippen molar-refractivity contribution in [1.29, 1.82) is 0 Å². The molecule has 1 fully saturated rings. The quantitative estimate of drug-likeness (QED) is 0.868. The zero-order chi connectivity index (χ0) is 12.1. The minimum absolute atomic E-state index is 0.463. The van der Waals surface area contributed by atoms with Gasteiger partial charge in [0.05, 0.1) is 18.1 Å². The Balaban J connectivity index is 2.01. The van der Waals surface area contributed by atoms with Crippen molar-refractivity contribution in [2.45, 2.75) is 39.2 Å². The third-order valence-corrected chi connectivity index (χ3v) is 3.65. The molecule has 1 unspecified atom stereocenters. The van der Waals surface area contributed by atoms with Crippen LogP contribution < -0.4 is 10.6 Å². The molecular weight excluding hydrogens is 212 g/mol. The van der Waals surface area contributed by atoms with Gasteiger partial charge in [-0.3, -0.25) is 4.98 Å². The monoisotopic (exact) mass is 234 g/mol. The molecule has 94 valence electrons. The number of nitrogens with two attached hydrogens (primary N) is 1. The van der Waals surface area contributed by atoms with E-state index in [2.05, 4.69) is 21.8 Å². The third kappa shape index (κ3) is 3.16. The molecule has 2 rings (SSSR count). The molecule has 2 heterocycles. The van der Waals surface area contributed by atoms with Gasteiger partial charge in [-0.1, -0.05) is 13.3 Å². The fraction of sp³-hybridized carbons (Fsp3) is 0.692. The molecule has 0 amide bonds. The molecule has 1 atom stereocenters. The summed E-state index contributed by atoms with van der Waals surface area (Å²) in [4.78, 5) is 11.1. The van der Waals surface area contributed by atoms with Crippen LogP contribution in [0.4, 0.5) is 5.82 Å². The molecule has 1 aromatic rings. The highest BCUT2D eigenvalue weighted by Crippen LogP contribution is 2.22. The van der Waals surface area contributed by atoms with Crippen LogP contribution >= 0.6 is 0 Å². The molecule has 1 aliphatic heterocycles. The Bertz CT molecular complexity index is 336. The molecule has 0 saturated carbocycles. The van der Waals surface area contributed by atoms with Crippen molar-refractivity contribution in [3.05, 3.63) is 18.1 Å². The average Bonchev–Trinajstić information content (AvgIpc) is 2.64. The van der Waals surface area contributed by atoms with Crippen LogP contribution in [0.15, 0.2) is 12.4 Å². The molecule has 1 aliphatic rings. The molecule has 0 aliphatic carbocycles.